The van der Waals surface area contributed by atoms with Gasteiger partial charge in [-0.05, 0) is 31.9 Å². The first-order chi connectivity index (χ1) is 7.20. The second-order valence-electron chi connectivity index (χ2n) is 3.90. The smallest absolute Gasteiger partial charge is 0.254 e. The summed E-state index contributed by atoms with van der Waals surface area (Å²) in [5, 5.41) is 2.62. The lowest BCUT2D eigenvalue weighted by Gasteiger charge is -2.10. The largest absolute Gasteiger partial charge is 0.490 e. The van der Waals surface area contributed by atoms with E-state index in [1.165, 1.54) is 0 Å². The fourth-order valence-electron chi connectivity index (χ4n) is 1.42. The van der Waals surface area contributed by atoms with Crippen molar-refractivity contribution in [1.29, 1.82) is 0 Å². The van der Waals surface area contributed by atoms with Gasteiger partial charge >= 0.3 is 0 Å². The summed E-state index contributed by atoms with van der Waals surface area (Å²) in [6.45, 7) is 1.97. The van der Waals surface area contributed by atoms with Crippen LogP contribution in [0.25, 0.3) is 0 Å². The molecular formula is C12H15NO2. The van der Waals surface area contributed by atoms with E-state index < -0.39 is 0 Å². The second-order valence-corrected chi connectivity index (χ2v) is 3.90. The zero-order chi connectivity index (χ0) is 10.8. The van der Waals surface area contributed by atoms with Gasteiger partial charge in [0.05, 0.1) is 11.7 Å². The zero-order valence-electron chi connectivity index (χ0n) is 9.04. The van der Waals surface area contributed by atoms with Crippen LogP contribution in [0.5, 0.6) is 5.75 Å². The quantitative estimate of drug-likeness (QED) is 0.818. The highest BCUT2D eigenvalue weighted by atomic mass is 16.5. The molecule has 80 valence electrons. The molecule has 0 unspecified atom stereocenters. The van der Waals surface area contributed by atoms with Crippen LogP contribution in [0.3, 0.4) is 0 Å². The second kappa shape index (κ2) is 3.93. The van der Waals surface area contributed by atoms with Crippen LogP contribution >= 0.6 is 0 Å². The number of carbonyl (C=O) groups excluding carboxylic acids is 1. The van der Waals surface area contributed by atoms with Gasteiger partial charge in [-0.15, -0.1) is 0 Å². The third-order valence-corrected chi connectivity index (χ3v) is 2.42. The molecule has 0 radical (unpaired) electrons. The summed E-state index contributed by atoms with van der Waals surface area (Å²) in [4.78, 5) is 11.6. The van der Waals surface area contributed by atoms with Gasteiger partial charge in [0, 0.05) is 7.05 Å². The summed E-state index contributed by atoms with van der Waals surface area (Å²) in [7, 11) is 1.63. The fourth-order valence-corrected chi connectivity index (χ4v) is 1.42. The predicted molar refractivity (Wildman–Crippen MR) is 58.2 cm³/mol. The number of carbonyl (C=O) groups is 1. The van der Waals surface area contributed by atoms with Gasteiger partial charge in [-0.1, -0.05) is 11.6 Å². The fraction of sp³-hybridized carbons (Fsp3) is 0.417. The highest BCUT2D eigenvalue weighted by Crippen LogP contribution is 2.29. The number of nitrogens with one attached hydrogen (secondary N) is 1. The number of hydrogen-bond donors (Lipinski definition) is 1. The van der Waals surface area contributed by atoms with E-state index >= 15 is 0 Å². The molecule has 1 aromatic rings. The number of hydrogen-bond acceptors (Lipinski definition) is 2. The molecule has 1 aliphatic carbocycles. The van der Waals surface area contributed by atoms with E-state index in [-0.39, 0.29) is 5.91 Å². The van der Waals surface area contributed by atoms with E-state index in [1.54, 1.807) is 7.05 Å². The third kappa shape index (κ3) is 2.29. The zero-order valence-corrected chi connectivity index (χ0v) is 9.04. The molecule has 3 heteroatoms. The minimum atomic E-state index is -0.0886. The topological polar surface area (TPSA) is 38.3 Å². The van der Waals surface area contributed by atoms with Crippen LogP contribution in [0.15, 0.2) is 18.2 Å². The van der Waals surface area contributed by atoms with Gasteiger partial charge in [-0.3, -0.25) is 4.79 Å². The maximum Gasteiger partial charge on any atom is 0.254 e. The molecule has 1 fully saturated rings. The van der Waals surface area contributed by atoms with Gasteiger partial charge in [-0.2, -0.15) is 0 Å². The highest BCUT2D eigenvalue weighted by Gasteiger charge is 2.25. The molecule has 0 saturated heterocycles. The minimum Gasteiger partial charge on any atom is -0.490 e. The Kier molecular flexibility index (Phi) is 2.62. The van der Waals surface area contributed by atoms with Crippen LogP contribution in [0.2, 0.25) is 0 Å². The highest BCUT2D eigenvalue weighted by molar-refractivity contribution is 5.96. The first kappa shape index (κ1) is 10.0. The summed E-state index contributed by atoms with van der Waals surface area (Å²) in [5.74, 6) is 0.608. The molecule has 0 aromatic heterocycles. The summed E-state index contributed by atoms with van der Waals surface area (Å²) >= 11 is 0. The molecule has 1 amide bonds. The van der Waals surface area contributed by atoms with E-state index in [4.69, 9.17) is 4.74 Å². The van der Waals surface area contributed by atoms with Gasteiger partial charge < -0.3 is 10.1 Å². The lowest BCUT2D eigenvalue weighted by Crippen LogP contribution is -2.19. The molecule has 15 heavy (non-hydrogen) atoms. The first-order valence-electron chi connectivity index (χ1n) is 5.20. The predicted octanol–water partition coefficient (Wildman–Crippen LogP) is 1.90. The van der Waals surface area contributed by atoms with Crippen LogP contribution in [-0.4, -0.2) is 19.1 Å². The lowest BCUT2D eigenvalue weighted by molar-refractivity contribution is 0.0958. The van der Waals surface area contributed by atoms with E-state index in [0.29, 0.717) is 17.4 Å². The summed E-state index contributed by atoms with van der Waals surface area (Å²) in [6.07, 6.45) is 2.51. The van der Waals surface area contributed by atoms with Gasteiger partial charge in [0.15, 0.2) is 0 Å². The van der Waals surface area contributed by atoms with Crippen LogP contribution in [-0.2, 0) is 0 Å². The Bertz CT molecular complexity index is 383. The van der Waals surface area contributed by atoms with Crippen LogP contribution in [0.1, 0.15) is 28.8 Å². The summed E-state index contributed by atoms with van der Waals surface area (Å²) in [6, 6.07) is 5.69. The Hall–Kier alpha value is -1.51. The monoisotopic (exact) mass is 205 g/mol. The van der Waals surface area contributed by atoms with Gasteiger partial charge in [-0.25, -0.2) is 0 Å². The summed E-state index contributed by atoms with van der Waals surface area (Å²) in [5.41, 5.74) is 1.70. The molecule has 0 bridgehead atoms. The SMILES string of the molecule is CNC(=O)c1cc(C)ccc1OC1CC1. The molecule has 0 aliphatic heterocycles. The van der Waals surface area contributed by atoms with Crippen molar-refractivity contribution >= 4 is 5.91 Å². The molecule has 2 rings (SSSR count). The first-order valence-corrected chi connectivity index (χ1v) is 5.20. The molecule has 0 spiro atoms. The number of aryl methyl sites for hydroxylation is 1. The van der Waals surface area contributed by atoms with Crippen molar-refractivity contribution < 1.29 is 9.53 Å². The average molecular weight is 205 g/mol. The molecule has 1 aliphatic rings. The van der Waals surface area contributed by atoms with Crippen molar-refractivity contribution in [3.05, 3.63) is 29.3 Å². The lowest BCUT2D eigenvalue weighted by atomic mass is 10.1. The maximum absolute atomic E-state index is 11.6. The van der Waals surface area contributed by atoms with E-state index in [9.17, 15) is 4.79 Å². The van der Waals surface area contributed by atoms with Crippen molar-refractivity contribution in [2.24, 2.45) is 0 Å². The van der Waals surface area contributed by atoms with Crippen molar-refractivity contribution in [1.82, 2.24) is 5.32 Å². The number of amides is 1. The molecule has 0 atom stereocenters. The minimum absolute atomic E-state index is 0.0886. The standard InChI is InChI=1S/C12H15NO2/c1-8-3-6-11(15-9-4-5-9)10(7-8)12(14)13-2/h3,6-7,9H,4-5H2,1-2H3,(H,13,14). The Morgan fingerprint density at radius 1 is 1.47 bits per heavy atom. The molecule has 3 nitrogen and oxygen atoms in total. The Morgan fingerprint density at radius 3 is 2.80 bits per heavy atom. The van der Waals surface area contributed by atoms with Gasteiger partial charge in [0.2, 0.25) is 0 Å². The van der Waals surface area contributed by atoms with Gasteiger partial charge in [0.1, 0.15) is 5.75 Å². The van der Waals surface area contributed by atoms with Crippen molar-refractivity contribution in [3.8, 4) is 5.75 Å². The molecule has 1 aromatic carbocycles. The van der Waals surface area contributed by atoms with Crippen molar-refractivity contribution in [2.45, 2.75) is 25.9 Å². The molecule has 1 saturated carbocycles. The molecule has 0 heterocycles. The van der Waals surface area contributed by atoms with E-state index in [0.717, 1.165) is 18.4 Å². The van der Waals surface area contributed by atoms with Crippen LogP contribution in [0.4, 0.5) is 0 Å². The normalized spacial score (nSPS) is 14.8. The van der Waals surface area contributed by atoms with E-state index in [2.05, 4.69) is 5.32 Å². The molecule has 1 N–H and O–H groups in total. The number of rotatable bonds is 3. The Labute approximate surface area is 89.4 Å². The van der Waals surface area contributed by atoms with Crippen LogP contribution in [0, 0.1) is 6.92 Å². The van der Waals surface area contributed by atoms with Crippen molar-refractivity contribution in [2.75, 3.05) is 7.05 Å². The maximum atomic E-state index is 11.6. The number of ether oxygens (including phenoxy) is 1. The third-order valence-electron chi connectivity index (χ3n) is 2.42. The average Bonchev–Trinajstić information content (AvgIpc) is 3.03. The van der Waals surface area contributed by atoms with Gasteiger partial charge in [0.25, 0.3) is 5.91 Å². The Balaban J connectivity index is 2.29. The van der Waals surface area contributed by atoms with Crippen LogP contribution < -0.4 is 10.1 Å². The summed E-state index contributed by atoms with van der Waals surface area (Å²) < 4.78 is 5.67. The number of benzene rings is 1. The molecular weight excluding hydrogens is 190 g/mol. The Morgan fingerprint density at radius 2 is 2.20 bits per heavy atom. The van der Waals surface area contributed by atoms with E-state index in [1.807, 2.05) is 25.1 Å². The van der Waals surface area contributed by atoms with Crippen molar-refractivity contribution in [3.63, 3.8) is 0 Å².